The molecule has 0 radical (unpaired) electrons. The Hall–Kier alpha value is -2.66. The summed E-state index contributed by atoms with van der Waals surface area (Å²) in [5.41, 5.74) is 0.736. The third-order valence-corrected chi connectivity index (χ3v) is 6.12. The van der Waals surface area contributed by atoms with Crippen LogP contribution in [0.15, 0.2) is 33.5 Å². The van der Waals surface area contributed by atoms with Crippen molar-refractivity contribution < 1.29 is 4.79 Å². The van der Waals surface area contributed by atoms with Gasteiger partial charge in [-0.1, -0.05) is 41.9 Å². The van der Waals surface area contributed by atoms with Gasteiger partial charge in [0.25, 0.3) is 5.56 Å². The van der Waals surface area contributed by atoms with Crippen LogP contribution in [-0.2, 0) is 4.79 Å². The molecule has 1 amide bonds. The molecule has 4 rings (SSSR count). The third kappa shape index (κ3) is 3.67. The molecule has 1 aromatic carbocycles. The number of halogens is 1. The summed E-state index contributed by atoms with van der Waals surface area (Å²) in [6.07, 6.45) is 1.14. The largest absolute Gasteiger partial charge is 0.342 e. The van der Waals surface area contributed by atoms with E-state index in [-0.39, 0.29) is 11.4 Å². The molecule has 2 aromatic rings. The number of aromatic amines is 1. The van der Waals surface area contributed by atoms with Gasteiger partial charge in [-0.25, -0.2) is 0 Å². The molecule has 29 heavy (non-hydrogen) atoms. The van der Waals surface area contributed by atoms with E-state index >= 15 is 0 Å². The fourth-order valence-electron chi connectivity index (χ4n) is 4.54. The van der Waals surface area contributed by atoms with Gasteiger partial charge < -0.3 is 10.2 Å². The third-order valence-electron chi connectivity index (χ3n) is 5.63. The summed E-state index contributed by atoms with van der Waals surface area (Å²) in [6, 6.07) is 9.40. The molecule has 0 saturated carbocycles. The molecule has 2 aliphatic heterocycles. The van der Waals surface area contributed by atoms with Crippen molar-refractivity contribution in [2.75, 3.05) is 23.3 Å². The van der Waals surface area contributed by atoms with E-state index < -0.39 is 17.7 Å². The Morgan fingerprint density at radius 2 is 1.97 bits per heavy atom. The summed E-state index contributed by atoms with van der Waals surface area (Å²) in [7, 11) is 0. The van der Waals surface area contributed by atoms with Gasteiger partial charge in [-0.15, -0.1) is 0 Å². The van der Waals surface area contributed by atoms with E-state index in [1.807, 2.05) is 24.3 Å². The lowest BCUT2D eigenvalue weighted by Crippen LogP contribution is -2.42. The van der Waals surface area contributed by atoms with Crippen molar-refractivity contribution in [1.29, 1.82) is 5.26 Å². The maximum atomic E-state index is 13.1. The van der Waals surface area contributed by atoms with Gasteiger partial charge in [0.2, 0.25) is 11.9 Å². The molecule has 0 bridgehead atoms. The Morgan fingerprint density at radius 1 is 1.24 bits per heavy atom. The van der Waals surface area contributed by atoms with Crippen LogP contribution in [0, 0.1) is 29.1 Å². The molecule has 1 fully saturated rings. The summed E-state index contributed by atoms with van der Waals surface area (Å²) in [5.74, 6) is -0.410. The van der Waals surface area contributed by atoms with Crippen molar-refractivity contribution in [2.24, 2.45) is 17.8 Å². The monoisotopic (exact) mass is 455 g/mol. The zero-order chi connectivity index (χ0) is 20.7. The molecule has 1 saturated heterocycles. The summed E-state index contributed by atoms with van der Waals surface area (Å²) >= 11 is 3.43. The smallest absolute Gasteiger partial charge is 0.258 e. The van der Waals surface area contributed by atoms with E-state index in [0.717, 1.165) is 29.5 Å². The lowest BCUT2D eigenvalue weighted by molar-refractivity contribution is -0.119. The number of nitrogens with one attached hydrogen (secondary N) is 2. The van der Waals surface area contributed by atoms with Gasteiger partial charge in [0, 0.05) is 23.5 Å². The maximum absolute atomic E-state index is 13.1. The Morgan fingerprint density at radius 3 is 2.62 bits per heavy atom. The number of anilines is 2. The maximum Gasteiger partial charge on any atom is 0.258 e. The van der Waals surface area contributed by atoms with Crippen LogP contribution < -0.4 is 15.8 Å². The number of benzene rings is 1. The van der Waals surface area contributed by atoms with Crippen LogP contribution in [0.3, 0.4) is 0 Å². The highest BCUT2D eigenvalue weighted by molar-refractivity contribution is 9.10. The van der Waals surface area contributed by atoms with Crippen LogP contribution >= 0.6 is 15.9 Å². The van der Waals surface area contributed by atoms with E-state index in [1.165, 1.54) is 0 Å². The normalized spacial score (nSPS) is 26.4. The quantitative estimate of drug-likeness (QED) is 0.723. The molecule has 0 spiro atoms. The van der Waals surface area contributed by atoms with Crippen LogP contribution in [0.1, 0.15) is 37.3 Å². The van der Waals surface area contributed by atoms with E-state index in [9.17, 15) is 14.9 Å². The van der Waals surface area contributed by atoms with Crippen LogP contribution in [0.25, 0.3) is 0 Å². The second-order valence-corrected chi connectivity index (χ2v) is 9.05. The molecule has 150 valence electrons. The van der Waals surface area contributed by atoms with Crippen LogP contribution in [0.2, 0.25) is 0 Å². The van der Waals surface area contributed by atoms with Crippen LogP contribution in [-0.4, -0.2) is 29.0 Å². The molecule has 1 aromatic heterocycles. The van der Waals surface area contributed by atoms with Crippen LogP contribution in [0.4, 0.5) is 11.8 Å². The van der Waals surface area contributed by atoms with Gasteiger partial charge in [-0.2, -0.15) is 10.2 Å². The van der Waals surface area contributed by atoms with Crippen LogP contribution in [0.5, 0.6) is 0 Å². The Labute approximate surface area is 177 Å². The zero-order valence-corrected chi connectivity index (χ0v) is 17.9. The molecular formula is C21H22BrN5O2. The minimum atomic E-state index is -0.999. The molecule has 4 atom stereocenters. The number of hydrogen-bond donors (Lipinski definition) is 2. The number of nitrogens with zero attached hydrogens (tertiary/aromatic N) is 3. The van der Waals surface area contributed by atoms with Crippen molar-refractivity contribution in [2.45, 2.75) is 26.2 Å². The SMILES string of the molecule is CC1CC(C)CN(c2nc3c(c(=O)[nH]2)C(c2cccc(Br)c2)C(C#N)C(=O)N3)C1. The second-order valence-electron chi connectivity index (χ2n) is 8.13. The number of carbonyl (C=O) groups excluding carboxylic acids is 1. The molecule has 2 aliphatic rings. The number of carbonyl (C=O) groups is 1. The molecule has 0 aliphatic carbocycles. The average molecular weight is 456 g/mol. The van der Waals surface area contributed by atoms with Gasteiger partial charge in [-0.3, -0.25) is 14.6 Å². The lowest BCUT2D eigenvalue weighted by Gasteiger charge is -2.36. The Balaban J connectivity index is 1.83. The Kier molecular flexibility index (Phi) is 5.17. The van der Waals surface area contributed by atoms with Gasteiger partial charge in [0.15, 0.2) is 0 Å². The fraction of sp³-hybridized carbons (Fsp3) is 0.429. The van der Waals surface area contributed by atoms with E-state index in [0.29, 0.717) is 23.3 Å². The van der Waals surface area contributed by atoms with Gasteiger partial charge in [0.1, 0.15) is 11.7 Å². The van der Waals surface area contributed by atoms with E-state index in [4.69, 9.17) is 0 Å². The summed E-state index contributed by atoms with van der Waals surface area (Å²) < 4.78 is 0.816. The first-order valence-electron chi connectivity index (χ1n) is 9.72. The molecule has 4 unspecified atom stereocenters. The average Bonchev–Trinajstić information content (AvgIpc) is 2.66. The van der Waals surface area contributed by atoms with Crippen molar-refractivity contribution >= 4 is 33.6 Å². The molecule has 3 heterocycles. The van der Waals surface area contributed by atoms with Crippen molar-refractivity contribution in [1.82, 2.24) is 9.97 Å². The number of fused-ring (bicyclic) bond motifs is 1. The predicted octanol–water partition coefficient (Wildman–Crippen LogP) is 3.24. The number of rotatable bonds is 2. The van der Waals surface area contributed by atoms with Crippen molar-refractivity contribution in [3.63, 3.8) is 0 Å². The first-order valence-corrected chi connectivity index (χ1v) is 10.5. The fourth-order valence-corrected chi connectivity index (χ4v) is 4.96. The highest BCUT2D eigenvalue weighted by atomic mass is 79.9. The number of nitriles is 1. The molecular weight excluding hydrogens is 434 g/mol. The standard InChI is InChI=1S/C21H22BrN5O2/c1-11-6-12(2)10-27(9-11)21-25-18-17(20(29)26-21)16(15(8-23)19(28)24-18)13-4-3-5-14(22)7-13/h3-5,7,11-12,15-16H,6,9-10H2,1-2H3,(H2,24,25,26,28,29). The highest BCUT2D eigenvalue weighted by Crippen LogP contribution is 2.39. The molecule has 8 heteroatoms. The number of H-pyrrole nitrogens is 1. The minimum Gasteiger partial charge on any atom is -0.342 e. The summed E-state index contributed by atoms with van der Waals surface area (Å²) in [6.45, 7) is 5.97. The van der Waals surface area contributed by atoms with Gasteiger partial charge >= 0.3 is 0 Å². The first kappa shape index (κ1) is 19.6. The van der Waals surface area contributed by atoms with Gasteiger partial charge in [-0.05, 0) is 36.0 Å². The molecule has 7 nitrogen and oxygen atoms in total. The van der Waals surface area contributed by atoms with Crippen molar-refractivity contribution in [3.05, 3.63) is 50.2 Å². The first-order chi connectivity index (χ1) is 13.9. The summed E-state index contributed by atoms with van der Waals surface area (Å²) in [5, 5.41) is 12.3. The van der Waals surface area contributed by atoms with Crippen molar-refractivity contribution in [3.8, 4) is 6.07 Å². The predicted molar refractivity (Wildman–Crippen MR) is 114 cm³/mol. The number of amides is 1. The highest BCUT2D eigenvalue weighted by Gasteiger charge is 2.40. The lowest BCUT2D eigenvalue weighted by atomic mass is 9.79. The Bertz CT molecular complexity index is 1050. The van der Waals surface area contributed by atoms with E-state index in [1.54, 1.807) is 0 Å². The summed E-state index contributed by atoms with van der Waals surface area (Å²) in [4.78, 5) is 35.4. The molecule has 2 N–H and O–H groups in total. The second kappa shape index (κ2) is 7.64. The number of piperidine rings is 1. The minimum absolute atomic E-state index is 0.246. The topological polar surface area (TPSA) is 102 Å². The van der Waals surface area contributed by atoms with E-state index in [2.05, 4.69) is 56.0 Å². The number of hydrogen-bond acceptors (Lipinski definition) is 5. The van der Waals surface area contributed by atoms with Gasteiger partial charge in [0.05, 0.1) is 11.6 Å². The number of aromatic nitrogens is 2. The zero-order valence-electron chi connectivity index (χ0n) is 16.3.